The summed E-state index contributed by atoms with van der Waals surface area (Å²) in [6.07, 6.45) is 4.98. The lowest BCUT2D eigenvalue weighted by Crippen LogP contribution is -2.40. The highest BCUT2D eigenvalue weighted by Crippen LogP contribution is 2.29. The molecule has 1 aliphatic carbocycles. The van der Waals surface area contributed by atoms with Crippen LogP contribution in [0.2, 0.25) is 0 Å². The molecule has 1 unspecified atom stereocenters. The Bertz CT molecular complexity index is 515. The van der Waals surface area contributed by atoms with Crippen molar-refractivity contribution in [3.63, 3.8) is 0 Å². The van der Waals surface area contributed by atoms with Gasteiger partial charge in [0.15, 0.2) is 0 Å². The molecule has 132 valence electrons. The molecule has 24 heavy (non-hydrogen) atoms. The Morgan fingerprint density at radius 1 is 1.21 bits per heavy atom. The lowest BCUT2D eigenvalue weighted by Gasteiger charge is -2.22. The first-order valence-electron chi connectivity index (χ1n) is 9.53. The first-order chi connectivity index (χ1) is 11.7. The summed E-state index contributed by atoms with van der Waals surface area (Å²) in [4.78, 5) is 17.0. The van der Waals surface area contributed by atoms with Crippen molar-refractivity contribution in [2.75, 3.05) is 44.2 Å². The van der Waals surface area contributed by atoms with Gasteiger partial charge in [-0.15, -0.1) is 0 Å². The number of carbonyl (C=O) groups excluding carboxylic acids is 1. The molecule has 1 saturated carbocycles. The van der Waals surface area contributed by atoms with Crippen molar-refractivity contribution < 1.29 is 4.79 Å². The lowest BCUT2D eigenvalue weighted by molar-refractivity contribution is -0.122. The molecule has 1 atom stereocenters. The number of anilines is 1. The Morgan fingerprint density at radius 2 is 2.00 bits per heavy atom. The third kappa shape index (κ3) is 5.23. The summed E-state index contributed by atoms with van der Waals surface area (Å²) in [7, 11) is 0. The largest absolute Gasteiger partial charge is 0.371 e. The van der Waals surface area contributed by atoms with Crippen LogP contribution in [0.1, 0.15) is 32.6 Å². The highest BCUT2D eigenvalue weighted by molar-refractivity contribution is 5.78. The highest BCUT2D eigenvalue weighted by Gasteiger charge is 2.26. The molecule has 1 aromatic rings. The zero-order valence-electron chi connectivity index (χ0n) is 14.9. The molecule has 1 heterocycles. The van der Waals surface area contributed by atoms with Crippen LogP contribution in [0.25, 0.3) is 0 Å². The second-order valence-electron chi connectivity index (χ2n) is 7.42. The maximum absolute atomic E-state index is 12.3. The fourth-order valence-corrected chi connectivity index (χ4v) is 3.61. The normalized spacial score (nSPS) is 20.6. The van der Waals surface area contributed by atoms with Gasteiger partial charge in [-0.25, -0.2) is 0 Å². The number of para-hydroxylation sites is 1. The van der Waals surface area contributed by atoms with E-state index in [4.69, 9.17) is 0 Å². The van der Waals surface area contributed by atoms with Gasteiger partial charge in [-0.1, -0.05) is 25.1 Å². The van der Waals surface area contributed by atoms with Crippen LogP contribution in [0.4, 0.5) is 5.69 Å². The molecular formula is C20H31N3O. The van der Waals surface area contributed by atoms with Crippen LogP contribution in [-0.2, 0) is 4.79 Å². The van der Waals surface area contributed by atoms with Crippen molar-refractivity contribution in [1.82, 2.24) is 10.2 Å². The van der Waals surface area contributed by atoms with Crippen molar-refractivity contribution in [3.8, 4) is 0 Å². The van der Waals surface area contributed by atoms with Gasteiger partial charge in [-0.05, 0) is 56.2 Å². The molecule has 4 heteroatoms. The minimum absolute atomic E-state index is 0.197. The van der Waals surface area contributed by atoms with E-state index in [1.54, 1.807) is 0 Å². The Hall–Kier alpha value is -1.55. The predicted octanol–water partition coefficient (Wildman–Crippen LogP) is 2.75. The Labute approximate surface area is 146 Å². The second kappa shape index (κ2) is 8.52. The molecule has 1 amide bonds. The van der Waals surface area contributed by atoms with E-state index in [0.29, 0.717) is 12.5 Å². The van der Waals surface area contributed by atoms with Gasteiger partial charge >= 0.3 is 0 Å². The van der Waals surface area contributed by atoms with Crippen LogP contribution in [-0.4, -0.2) is 50.1 Å². The van der Waals surface area contributed by atoms with Gasteiger partial charge in [0.1, 0.15) is 0 Å². The third-order valence-electron chi connectivity index (χ3n) is 5.12. The Kier molecular flexibility index (Phi) is 6.13. The third-order valence-corrected chi connectivity index (χ3v) is 5.12. The molecule has 1 saturated heterocycles. The van der Waals surface area contributed by atoms with E-state index in [1.165, 1.54) is 18.5 Å². The smallest absolute Gasteiger partial charge is 0.234 e. The molecule has 3 rings (SSSR count). The van der Waals surface area contributed by atoms with Gasteiger partial charge in [-0.2, -0.15) is 0 Å². The average Bonchev–Trinajstić information content (AvgIpc) is 3.28. The molecule has 1 N–H and O–H groups in total. The molecule has 0 radical (unpaired) electrons. The summed E-state index contributed by atoms with van der Waals surface area (Å²) in [6, 6.07) is 10.6. The highest BCUT2D eigenvalue weighted by atomic mass is 16.2. The number of nitrogens with zero attached hydrogens (tertiary/aromatic N) is 2. The minimum Gasteiger partial charge on any atom is -0.371 e. The summed E-state index contributed by atoms with van der Waals surface area (Å²) in [5.41, 5.74) is 1.30. The fourth-order valence-electron chi connectivity index (χ4n) is 3.61. The zero-order valence-corrected chi connectivity index (χ0v) is 14.9. The number of amides is 1. The number of carbonyl (C=O) groups is 1. The van der Waals surface area contributed by atoms with Gasteiger partial charge in [0.05, 0.1) is 6.54 Å². The van der Waals surface area contributed by atoms with Crippen LogP contribution < -0.4 is 10.2 Å². The molecule has 4 nitrogen and oxygen atoms in total. The lowest BCUT2D eigenvalue weighted by atomic mass is 10.1. The molecule has 0 aromatic heterocycles. The van der Waals surface area contributed by atoms with E-state index in [2.05, 4.69) is 52.4 Å². The molecule has 0 spiro atoms. The van der Waals surface area contributed by atoms with Crippen molar-refractivity contribution in [3.05, 3.63) is 30.3 Å². The fraction of sp³-hybridized carbons (Fsp3) is 0.650. The molecule has 1 aliphatic heterocycles. The van der Waals surface area contributed by atoms with Gasteiger partial charge in [0.25, 0.3) is 0 Å². The van der Waals surface area contributed by atoms with Crippen molar-refractivity contribution in [2.24, 2.45) is 11.8 Å². The second-order valence-corrected chi connectivity index (χ2v) is 7.42. The molecule has 2 fully saturated rings. The zero-order chi connectivity index (χ0) is 16.8. The molecule has 1 aromatic carbocycles. The Morgan fingerprint density at radius 3 is 2.71 bits per heavy atom. The predicted molar refractivity (Wildman–Crippen MR) is 99.2 cm³/mol. The van der Waals surface area contributed by atoms with Crippen LogP contribution in [0, 0.1) is 11.8 Å². The topological polar surface area (TPSA) is 35.6 Å². The van der Waals surface area contributed by atoms with E-state index < -0.39 is 0 Å². The summed E-state index contributed by atoms with van der Waals surface area (Å²) in [5.74, 6) is 1.61. The quantitative estimate of drug-likeness (QED) is 0.757. The van der Waals surface area contributed by atoms with E-state index in [-0.39, 0.29) is 5.91 Å². The van der Waals surface area contributed by atoms with Crippen molar-refractivity contribution >= 4 is 11.6 Å². The van der Waals surface area contributed by atoms with Gasteiger partial charge < -0.3 is 10.2 Å². The number of hydrogen-bond donors (Lipinski definition) is 1. The van der Waals surface area contributed by atoms with Gasteiger partial charge in [0, 0.05) is 31.9 Å². The van der Waals surface area contributed by atoms with Gasteiger partial charge in [0.2, 0.25) is 5.91 Å². The SMILES string of the molecule is CCCN(CC(=O)NCC1CCN(c2ccccc2)C1)CC1CC1. The number of hydrogen-bond acceptors (Lipinski definition) is 3. The van der Waals surface area contributed by atoms with Crippen LogP contribution in [0.15, 0.2) is 30.3 Å². The average molecular weight is 329 g/mol. The first kappa shape index (κ1) is 17.3. The molecule has 0 bridgehead atoms. The van der Waals surface area contributed by atoms with E-state index in [1.807, 2.05) is 0 Å². The standard InChI is InChI=1S/C20H31N3O/c1-2-11-22(14-17-8-9-17)16-20(24)21-13-18-10-12-23(15-18)19-6-4-3-5-7-19/h3-7,17-18H,2,8-16H2,1H3,(H,21,24). The summed E-state index contributed by atoms with van der Waals surface area (Å²) in [6.45, 7) is 7.85. The van der Waals surface area contributed by atoms with Crippen LogP contribution in [0.5, 0.6) is 0 Å². The van der Waals surface area contributed by atoms with Gasteiger partial charge in [-0.3, -0.25) is 9.69 Å². The summed E-state index contributed by atoms with van der Waals surface area (Å²) < 4.78 is 0. The summed E-state index contributed by atoms with van der Waals surface area (Å²) >= 11 is 0. The maximum Gasteiger partial charge on any atom is 0.234 e. The monoisotopic (exact) mass is 329 g/mol. The van der Waals surface area contributed by atoms with Crippen molar-refractivity contribution in [2.45, 2.75) is 32.6 Å². The summed E-state index contributed by atoms with van der Waals surface area (Å²) in [5, 5.41) is 3.17. The van der Waals surface area contributed by atoms with E-state index >= 15 is 0 Å². The minimum atomic E-state index is 0.197. The number of benzene rings is 1. The van der Waals surface area contributed by atoms with Crippen LogP contribution in [0.3, 0.4) is 0 Å². The van der Waals surface area contributed by atoms with Crippen LogP contribution >= 0.6 is 0 Å². The maximum atomic E-state index is 12.3. The molecular weight excluding hydrogens is 298 g/mol. The van der Waals surface area contributed by atoms with Crippen molar-refractivity contribution in [1.29, 1.82) is 0 Å². The molecule has 2 aliphatic rings. The van der Waals surface area contributed by atoms with E-state index in [9.17, 15) is 4.79 Å². The Balaban J connectivity index is 1.38. The number of rotatable bonds is 9. The first-order valence-corrected chi connectivity index (χ1v) is 9.53. The van der Waals surface area contributed by atoms with E-state index in [0.717, 1.165) is 51.5 Å². The number of nitrogens with one attached hydrogen (secondary N) is 1.